The van der Waals surface area contributed by atoms with E-state index in [1.807, 2.05) is 0 Å². The van der Waals surface area contributed by atoms with Gasteiger partial charge in [-0.1, -0.05) is 65.3 Å². The quantitative estimate of drug-likeness (QED) is 0.249. The van der Waals surface area contributed by atoms with Crippen LogP contribution in [-0.2, 0) is 9.53 Å². The van der Waals surface area contributed by atoms with Gasteiger partial charge >= 0.3 is 5.97 Å². The van der Waals surface area contributed by atoms with Gasteiger partial charge in [-0.05, 0) is 79.4 Å². The van der Waals surface area contributed by atoms with E-state index in [4.69, 9.17) is 16.3 Å². The summed E-state index contributed by atoms with van der Waals surface area (Å²) in [6.07, 6.45) is 13.9. The van der Waals surface area contributed by atoms with E-state index in [1.54, 1.807) is 0 Å². The highest BCUT2D eigenvalue weighted by Crippen LogP contribution is 2.68. The second-order valence-corrected chi connectivity index (χ2v) is 13.5. The molecule has 0 aromatic heterocycles. The topological polar surface area (TPSA) is 46.5 Å². The zero-order chi connectivity index (χ0) is 25.1. The highest BCUT2D eigenvalue weighted by Gasteiger charge is 2.65. The fourth-order valence-corrected chi connectivity index (χ4v) is 8.91. The molecule has 4 heteroatoms. The number of rotatable bonds is 5. The average Bonchev–Trinajstić information content (AvgIpc) is 3.11. The van der Waals surface area contributed by atoms with E-state index in [9.17, 15) is 9.90 Å². The fourth-order valence-electron chi connectivity index (χ4n) is 8.43. The molecule has 192 valence electrons. The molecular weight excluding hydrogens is 444 g/mol. The van der Waals surface area contributed by atoms with Crippen molar-refractivity contribution >= 4 is 17.6 Å². The normalized spacial score (nSPS) is 45.8. The molecule has 0 amide bonds. The van der Waals surface area contributed by atoms with Gasteiger partial charge in [0.2, 0.25) is 0 Å². The summed E-state index contributed by atoms with van der Waals surface area (Å²) in [5.41, 5.74) is 0.527. The monoisotopic (exact) mass is 490 g/mol. The number of ether oxygens (including phenoxy) is 1. The summed E-state index contributed by atoms with van der Waals surface area (Å²) in [5.74, 6) is 3.22. The molecule has 4 rings (SSSR count). The number of fused-ring (bicyclic) bond motifs is 5. The van der Waals surface area contributed by atoms with Crippen LogP contribution >= 0.6 is 11.6 Å². The third kappa shape index (κ3) is 4.11. The number of alkyl halides is 1. The Hall–Kier alpha value is -0.800. The second kappa shape index (κ2) is 9.25. The Balaban J connectivity index is 1.59. The van der Waals surface area contributed by atoms with Crippen molar-refractivity contribution in [2.75, 3.05) is 0 Å². The summed E-state index contributed by atoms with van der Waals surface area (Å²) in [7, 11) is 0. The molecule has 0 radical (unpaired) electrons. The van der Waals surface area contributed by atoms with Crippen LogP contribution in [0.3, 0.4) is 0 Å². The van der Waals surface area contributed by atoms with Crippen LogP contribution in [0.1, 0.15) is 93.4 Å². The standard InChI is InChI=1S/C30H47ClO3/c1-18(2)19(3)8-9-20(4)24-10-11-25-23-16-27(31)30(33)17-22(34-21(5)32)12-15-29(30,7)26(23)13-14-28(24,25)6/h8-9,16,18-20,22,24-27,33H,10-15,17H2,1-7H3/b9-8+/t19-,20+,22?,24+,25-,26-,27-,28+,29+,30-/m0/s1. The average molecular weight is 491 g/mol. The summed E-state index contributed by atoms with van der Waals surface area (Å²) in [4.78, 5) is 11.6. The Labute approximate surface area is 212 Å². The van der Waals surface area contributed by atoms with Crippen molar-refractivity contribution < 1.29 is 14.6 Å². The Bertz CT molecular complexity index is 848. The van der Waals surface area contributed by atoms with Gasteiger partial charge in [0.05, 0.1) is 11.0 Å². The number of aliphatic hydroxyl groups is 1. The number of esters is 1. The third-order valence-corrected chi connectivity index (χ3v) is 11.5. The maximum atomic E-state index is 12.0. The van der Waals surface area contributed by atoms with Crippen molar-refractivity contribution in [3.8, 4) is 0 Å². The predicted molar refractivity (Wildman–Crippen MR) is 140 cm³/mol. The highest BCUT2D eigenvalue weighted by molar-refractivity contribution is 6.22. The first-order chi connectivity index (χ1) is 15.8. The SMILES string of the molecule is CC(=O)OC1CC[C@]2(C)[C@H]3CC[C@]4(C)[C@@H]([C@H](C)/C=C/[C@H](C)C(C)C)CC[C@H]4C3=C[C@H](Cl)[C@@]2(O)C1. The lowest BCUT2D eigenvalue weighted by Crippen LogP contribution is -2.64. The molecule has 0 saturated heterocycles. The molecule has 3 fully saturated rings. The van der Waals surface area contributed by atoms with Crippen LogP contribution in [0.25, 0.3) is 0 Å². The van der Waals surface area contributed by atoms with Gasteiger partial charge in [0, 0.05) is 18.8 Å². The zero-order valence-electron chi connectivity index (χ0n) is 22.4. The lowest BCUT2D eigenvalue weighted by molar-refractivity contribution is -0.182. The molecule has 0 heterocycles. The van der Waals surface area contributed by atoms with E-state index >= 15 is 0 Å². The maximum Gasteiger partial charge on any atom is 0.302 e. The van der Waals surface area contributed by atoms with E-state index < -0.39 is 11.0 Å². The van der Waals surface area contributed by atoms with Crippen LogP contribution in [-0.4, -0.2) is 28.2 Å². The van der Waals surface area contributed by atoms with E-state index in [0.29, 0.717) is 47.3 Å². The Morgan fingerprint density at radius 2 is 1.79 bits per heavy atom. The number of carbonyl (C=O) groups excluding carboxylic acids is 1. The predicted octanol–water partition coefficient (Wildman–Crippen LogP) is 7.31. The summed E-state index contributed by atoms with van der Waals surface area (Å²) in [5, 5.41) is 11.5. The summed E-state index contributed by atoms with van der Waals surface area (Å²) < 4.78 is 5.53. The zero-order valence-corrected chi connectivity index (χ0v) is 23.2. The minimum atomic E-state index is -1.03. The van der Waals surface area contributed by atoms with Gasteiger partial charge in [-0.15, -0.1) is 11.6 Å². The van der Waals surface area contributed by atoms with Gasteiger partial charge in [-0.3, -0.25) is 4.79 Å². The van der Waals surface area contributed by atoms with Crippen molar-refractivity contribution in [1.82, 2.24) is 0 Å². The van der Waals surface area contributed by atoms with Crippen molar-refractivity contribution in [3.63, 3.8) is 0 Å². The molecule has 0 aliphatic heterocycles. The van der Waals surface area contributed by atoms with Crippen LogP contribution in [0, 0.1) is 46.3 Å². The molecule has 4 aliphatic carbocycles. The first-order valence-electron chi connectivity index (χ1n) is 13.8. The molecule has 34 heavy (non-hydrogen) atoms. The molecule has 3 saturated carbocycles. The second-order valence-electron chi connectivity index (χ2n) is 13.1. The summed E-state index contributed by atoms with van der Waals surface area (Å²) >= 11 is 7.01. The smallest absolute Gasteiger partial charge is 0.302 e. The molecule has 10 atom stereocenters. The number of hydrogen-bond donors (Lipinski definition) is 1. The summed E-state index contributed by atoms with van der Waals surface area (Å²) in [6, 6.07) is 0. The fraction of sp³-hybridized carbons (Fsp3) is 0.833. The van der Waals surface area contributed by atoms with Crippen molar-refractivity contribution in [1.29, 1.82) is 0 Å². The number of hydrogen-bond acceptors (Lipinski definition) is 3. The van der Waals surface area contributed by atoms with Gasteiger partial charge in [0.15, 0.2) is 0 Å². The van der Waals surface area contributed by atoms with Gasteiger partial charge in [0.1, 0.15) is 6.10 Å². The number of allylic oxidation sites excluding steroid dienone is 3. The molecule has 0 bridgehead atoms. The Morgan fingerprint density at radius 1 is 1.09 bits per heavy atom. The molecule has 0 aromatic rings. The van der Waals surface area contributed by atoms with E-state index in [0.717, 1.165) is 19.3 Å². The number of carbonyl (C=O) groups is 1. The van der Waals surface area contributed by atoms with Crippen molar-refractivity contribution in [2.24, 2.45) is 46.3 Å². The Morgan fingerprint density at radius 3 is 2.44 bits per heavy atom. The molecule has 4 aliphatic rings. The van der Waals surface area contributed by atoms with Crippen molar-refractivity contribution in [2.45, 2.75) is 110 Å². The van der Waals surface area contributed by atoms with E-state index in [-0.39, 0.29) is 17.5 Å². The van der Waals surface area contributed by atoms with Gasteiger partial charge in [0.25, 0.3) is 0 Å². The van der Waals surface area contributed by atoms with E-state index in [1.165, 1.54) is 31.8 Å². The van der Waals surface area contributed by atoms with Gasteiger partial charge < -0.3 is 9.84 Å². The molecule has 1 N–H and O–H groups in total. The van der Waals surface area contributed by atoms with Crippen LogP contribution in [0.15, 0.2) is 23.8 Å². The largest absolute Gasteiger partial charge is 0.462 e. The highest BCUT2D eigenvalue weighted by atomic mass is 35.5. The first-order valence-corrected chi connectivity index (χ1v) is 14.2. The van der Waals surface area contributed by atoms with Crippen LogP contribution in [0.5, 0.6) is 0 Å². The molecule has 1 unspecified atom stereocenters. The number of halogens is 1. The third-order valence-electron chi connectivity index (χ3n) is 11.0. The lowest BCUT2D eigenvalue weighted by Gasteiger charge is -2.62. The minimum absolute atomic E-state index is 0.239. The molecule has 3 nitrogen and oxygen atoms in total. The van der Waals surface area contributed by atoms with Crippen LogP contribution in [0.2, 0.25) is 0 Å². The lowest BCUT2D eigenvalue weighted by atomic mass is 9.46. The molecule has 0 spiro atoms. The van der Waals surface area contributed by atoms with Gasteiger partial charge in [-0.25, -0.2) is 0 Å². The van der Waals surface area contributed by atoms with Crippen LogP contribution in [0.4, 0.5) is 0 Å². The minimum Gasteiger partial charge on any atom is -0.462 e. The Kier molecular flexibility index (Phi) is 7.15. The summed E-state index contributed by atoms with van der Waals surface area (Å²) in [6.45, 7) is 15.6. The first kappa shape index (κ1) is 26.3. The molecule has 0 aromatic carbocycles. The van der Waals surface area contributed by atoms with Crippen LogP contribution < -0.4 is 0 Å². The maximum absolute atomic E-state index is 12.0. The van der Waals surface area contributed by atoms with E-state index in [2.05, 4.69) is 59.8 Å². The molecular formula is C30H47ClO3. The van der Waals surface area contributed by atoms with Gasteiger partial charge in [-0.2, -0.15) is 0 Å². The van der Waals surface area contributed by atoms with Crippen molar-refractivity contribution in [3.05, 3.63) is 23.8 Å².